The van der Waals surface area contributed by atoms with Gasteiger partial charge in [-0.15, -0.1) is 0 Å². The average molecular weight is 525 g/mol. The maximum atomic E-state index is 12.6. The van der Waals surface area contributed by atoms with Gasteiger partial charge in [0.1, 0.15) is 25.0 Å². The largest absolute Gasteiger partial charge is 0.487 e. The maximum absolute atomic E-state index is 12.6. The minimum Gasteiger partial charge on any atom is -0.487 e. The number of benzene rings is 2. The summed E-state index contributed by atoms with van der Waals surface area (Å²) < 4.78 is 12.4. The van der Waals surface area contributed by atoms with Crippen LogP contribution in [0.1, 0.15) is 96.1 Å². The summed E-state index contributed by atoms with van der Waals surface area (Å²) in [5, 5.41) is 0. The van der Waals surface area contributed by atoms with Crippen LogP contribution in [-0.4, -0.2) is 43.8 Å². The van der Waals surface area contributed by atoms with Crippen molar-refractivity contribution in [3.05, 3.63) is 65.7 Å². The van der Waals surface area contributed by atoms with Gasteiger partial charge < -0.3 is 14.0 Å². The number of nitrogens with zero attached hydrogens (tertiary/aromatic N) is 1. The SMILES string of the molecule is CCCCCCCCCCCc1ccc(OC(C)COC(=O)C(C)CC[N+](C)(C)Cc2ccccc2)cc1. The monoisotopic (exact) mass is 524 g/mol. The lowest BCUT2D eigenvalue weighted by Crippen LogP contribution is -2.40. The summed E-state index contributed by atoms with van der Waals surface area (Å²) in [5.41, 5.74) is 2.68. The molecule has 212 valence electrons. The van der Waals surface area contributed by atoms with Crippen LogP contribution < -0.4 is 4.74 Å². The predicted octanol–water partition coefficient (Wildman–Crippen LogP) is 8.37. The molecular formula is C34H54NO3+. The Balaban J connectivity index is 1.59. The summed E-state index contributed by atoms with van der Waals surface area (Å²) in [5.74, 6) is 0.560. The van der Waals surface area contributed by atoms with Gasteiger partial charge in [0, 0.05) is 12.0 Å². The van der Waals surface area contributed by atoms with Crippen molar-refractivity contribution in [2.24, 2.45) is 5.92 Å². The zero-order valence-corrected chi connectivity index (χ0v) is 24.9. The molecule has 0 aromatic heterocycles. The van der Waals surface area contributed by atoms with E-state index in [0.717, 1.165) is 36.2 Å². The van der Waals surface area contributed by atoms with Crippen LogP contribution in [0.4, 0.5) is 0 Å². The Bertz CT molecular complexity index is 878. The van der Waals surface area contributed by atoms with Gasteiger partial charge in [-0.1, -0.05) is 108 Å². The number of hydrogen-bond acceptors (Lipinski definition) is 3. The maximum Gasteiger partial charge on any atom is 0.309 e. The van der Waals surface area contributed by atoms with E-state index >= 15 is 0 Å². The van der Waals surface area contributed by atoms with Gasteiger partial charge in [0.15, 0.2) is 0 Å². The summed E-state index contributed by atoms with van der Waals surface area (Å²) >= 11 is 0. The molecule has 0 N–H and O–H groups in total. The average Bonchev–Trinajstić information content (AvgIpc) is 2.90. The van der Waals surface area contributed by atoms with E-state index in [1.165, 1.54) is 68.9 Å². The Labute approximate surface area is 233 Å². The summed E-state index contributed by atoms with van der Waals surface area (Å²) in [6, 6.07) is 18.9. The lowest BCUT2D eigenvalue weighted by molar-refractivity contribution is -0.904. The van der Waals surface area contributed by atoms with Crippen molar-refractivity contribution in [2.75, 3.05) is 27.2 Å². The Morgan fingerprint density at radius 3 is 2.03 bits per heavy atom. The topological polar surface area (TPSA) is 35.5 Å². The minimum absolute atomic E-state index is 0.129. The molecule has 2 atom stereocenters. The third kappa shape index (κ3) is 14.0. The van der Waals surface area contributed by atoms with Crippen molar-refractivity contribution in [1.29, 1.82) is 0 Å². The number of unbranched alkanes of at least 4 members (excludes halogenated alkanes) is 8. The van der Waals surface area contributed by atoms with E-state index < -0.39 is 0 Å². The zero-order chi connectivity index (χ0) is 27.6. The van der Waals surface area contributed by atoms with E-state index in [2.05, 4.69) is 57.4 Å². The van der Waals surface area contributed by atoms with E-state index in [1.807, 2.05) is 32.0 Å². The van der Waals surface area contributed by atoms with E-state index in [9.17, 15) is 4.79 Å². The lowest BCUT2D eigenvalue weighted by atomic mass is 10.0. The molecule has 0 amide bonds. The van der Waals surface area contributed by atoms with Gasteiger partial charge in [-0.05, 0) is 37.5 Å². The highest BCUT2D eigenvalue weighted by Crippen LogP contribution is 2.18. The molecule has 0 saturated heterocycles. The molecule has 0 fully saturated rings. The third-order valence-electron chi connectivity index (χ3n) is 7.31. The first-order valence-electron chi connectivity index (χ1n) is 15.1. The predicted molar refractivity (Wildman–Crippen MR) is 159 cm³/mol. The molecule has 4 nitrogen and oxygen atoms in total. The molecule has 0 aliphatic heterocycles. The third-order valence-corrected chi connectivity index (χ3v) is 7.31. The molecule has 0 aliphatic carbocycles. The van der Waals surface area contributed by atoms with Crippen LogP contribution in [0, 0.1) is 5.92 Å². The molecule has 0 spiro atoms. The van der Waals surface area contributed by atoms with Gasteiger partial charge in [-0.3, -0.25) is 4.79 Å². The molecule has 2 aromatic carbocycles. The Hall–Kier alpha value is -2.33. The van der Waals surface area contributed by atoms with Crippen LogP contribution in [0.5, 0.6) is 5.75 Å². The van der Waals surface area contributed by atoms with Crippen molar-refractivity contribution in [3.63, 3.8) is 0 Å². The van der Waals surface area contributed by atoms with Crippen molar-refractivity contribution in [2.45, 2.75) is 104 Å². The second kappa shape index (κ2) is 18.0. The van der Waals surface area contributed by atoms with Gasteiger partial charge in [0.05, 0.1) is 26.6 Å². The van der Waals surface area contributed by atoms with Crippen molar-refractivity contribution in [3.8, 4) is 5.75 Å². The molecular weight excluding hydrogens is 470 g/mol. The summed E-state index contributed by atoms with van der Waals surface area (Å²) in [7, 11) is 4.42. The number of rotatable bonds is 20. The minimum atomic E-state index is -0.181. The van der Waals surface area contributed by atoms with Gasteiger partial charge in [-0.2, -0.15) is 0 Å². The molecule has 0 aliphatic rings. The zero-order valence-electron chi connectivity index (χ0n) is 24.9. The molecule has 0 bridgehead atoms. The number of esters is 1. The molecule has 2 rings (SSSR count). The standard InChI is InChI=1S/C34H54NO3/c1-6-7-8-9-10-11-12-13-15-18-31-21-23-33(24-22-31)38-30(3)28-37-34(36)29(2)25-26-35(4,5)27-32-19-16-14-17-20-32/h14,16-17,19-24,29-30H,6-13,15,18,25-28H2,1-5H3/q+1. The summed E-state index contributed by atoms with van der Waals surface area (Å²) in [6.45, 7) is 8.32. The summed E-state index contributed by atoms with van der Waals surface area (Å²) in [6.07, 6.45) is 14.0. The van der Waals surface area contributed by atoms with E-state index in [-0.39, 0.29) is 24.6 Å². The second-order valence-corrected chi connectivity index (χ2v) is 11.8. The number of ether oxygens (including phenoxy) is 2. The highest BCUT2D eigenvalue weighted by molar-refractivity contribution is 5.71. The van der Waals surface area contributed by atoms with Crippen LogP contribution in [0.3, 0.4) is 0 Å². The molecule has 0 radical (unpaired) electrons. The van der Waals surface area contributed by atoms with Crippen LogP contribution >= 0.6 is 0 Å². The van der Waals surface area contributed by atoms with Crippen LogP contribution in [0.25, 0.3) is 0 Å². The van der Waals surface area contributed by atoms with Crippen molar-refractivity contribution in [1.82, 2.24) is 0 Å². The van der Waals surface area contributed by atoms with Gasteiger partial charge in [-0.25, -0.2) is 0 Å². The van der Waals surface area contributed by atoms with E-state index in [0.29, 0.717) is 0 Å². The number of hydrogen-bond donors (Lipinski definition) is 0. The number of carbonyl (C=O) groups excluding carboxylic acids is 1. The molecule has 38 heavy (non-hydrogen) atoms. The first-order chi connectivity index (χ1) is 18.3. The quantitative estimate of drug-likeness (QED) is 0.0991. The first kappa shape index (κ1) is 31.9. The normalized spacial score (nSPS) is 13.2. The fraction of sp³-hybridized carbons (Fsp3) is 0.618. The van der Waals surface area contributed by atoms with Gasteiger partial charge in [0.25, 0.3) is 0 Å². The van der Waals surface area contributed by atoms with Crippen LogP contribution in [-0.2, 0) is 22.5 Å². The number of aryl methyl sites for hydroxylation is 1. The fourth-order valence-electron chi connectivity index (χ4n) is 4.80. The Morgan fingerprint density at radius 2 is 1.39 bits per heavy atom. The Morgan fingerprint density at radius 1 is 0.789 bits per heavy atom. The Kier molecular flexibility index (Phi) is 15.1. The van der Waals surface area contributed by atoms with Crippen molar-refractivity contribution >= 4 is 5.97 Å². The highest BCUT2D eigenvalue weighted by atomic mass is 16.6. The molecule has 2 aromatic rings. The van der Waals surface area contributed by atoms with Gasteiger partial charge >= 0.3 is 5.97 Å². The molecule has 4 heteroatoms. The van der Waals surface area contributed by atoms with Crippen LogP contribution in [0.2, 0.25) is 0 Å². The summed E-state index contributed by atoms with van der Waals surface area (Å²) in [4.78, 5) is 12.6. The highest BCUT2D eigenvalue weighted by Gasteiger charge is 2.22. The smallest absolute Gasteiger partial charge is 0.309 e. The first-order valence-corrected chi connectivity index (χ1v) is 15.1. The second-order valence-electron chi connectivity index (χ2n) is 11.8. The van der Waals surface area contributed by atoms with E-state index in [4.69, 9.17) is 9.47 Å². The molecule has 0 saturated carbocycles. The molecule has 0 heterocycles. The van der Waals surface area contributed by atoms with Crippen molar-refractivity contribution < 1.29 is 18.8 Å². The molecule has 2 unspecified atom stereocenters. The lowest BCUT2D eigenvalue weighted by Gasteiger charge is -2.30. The number of carbonyl (C=O) groups is 1. The fourth-order valence-corrected chi connectivity index (χ4v) is 4.80. The van der Waals surface area contributed by atoms with Crippen LogP contribution in [0.15, 0.2) is 54.6 Å². The van der Waals surface area contributed by atoms with E-state index in [1.54, 1.807) is 0 Å². The van der Waals surface area contributed by atoms with Gasteiger partial charge in [0.2, 0.25) is 0 Å². The number of quaternary nitrogens is 1.